The maximum Gasteiger partial charge on any atom is 0.248 e. The van der Waals surface area contributed by atoms with Crippen molar-refractivity contribution in [1.29, 1.82) is 0 Å². The van der Waals surface area contributed by atoms with Gasteiger partial charge in [0.05, 0.1) is 28.4 Å². The number of amides is 2. The van der Waals surface area contributed by atoms with Crippen LogP contribution in [-0.2, 0) is 11.3 Å². The van der Waals surface area contributed by atoms with Crippen molar-refractivity contribution in [3.8, 4) is 0 Å². The molecular weight excluding hydrogens is 564 g/mol. The number of imidazole rings is 1. The third kappa shape index (κ3) is 6.72. The summed E-state index contributed by atoms with van der Waals surface area (Å²) in [5.41, 5.74) is 8.67. The topological polar surface area (TPSA) is 93.2 Å². The zero-order chi connectivity index (χ0) is 29.1. The van der Waals surface area contributed by atoms with Crippen LogP contribution in [0.4, 0.5) is 10.1 Å². The van der Waals surface area contributed by atoms with Gasteiger partial charge in [0.1, 0.15) is 5.82 Å². The molecule has 2 fully saturated rings. The average molecular weight is 597 g/mol. The Kier molecular flexibility index (Phi) is 8.92. The first-order valence-electron chi connectivity index (χ1n) is 13.7. The van der Waals surface area contributed by atoms with Crippen LogP contribution in [0, 0.1) is 11.7 Å². The number of primary amides is 1. The molecule has 3 aromatic carbocycles. The Morgan fingerprint density at radius 3 is 2.56 bits per heavy atom. The lowest BCUT2D eigenvalue weighted by molar-refractivity contribution is -0.120. The third-order valence-corrected chi connectivity index (χ3v) is 8.21. The molecule has 1 saturated heterocycles. The minimum absolute atomic E-state index is 0.0992. The molecule has 214 valence electrons. The number of fused-ring (bicyclic) bond motifs is 1. The van der Waals surface area contributed by atoms with E-state index >= 15 is 0 Å². The predicted molar refractivity (Wildman–Crippen MR) is 161 cm³/mol. The van der Waals surface area contributed by atoms with Crippen LogP contribution in [0.5, 0.6) is 0 Å². The molecule has 41 heavy (non-hydrogen) atoms. The van der Waals surface area contributed by atoms with E-state index in [2.05, 4.69) is 15.2 Å². The number of aryl methyl sites for hydroxylation is 1. The SMILES string of the molecule is CCn1cnc2cc(C(N)=O)ccc21.O=C(Nc1cccc(Cl)c1)C1C(c2cccc(Cl)c2F)CCN1CC1CC1. The normalized spacial score (nSPS) is 18.6. The quantitative estimate of drug-likeness (QED) is 0.255. The number of benzene rings is 3. The molecule has 2 atom stereocenters. The largest absolute Gasteiger partial charge is 0.366 e. The summed E-state index contributed by atoms with van der Waals surface area (Å²) in [4.78, 5) is 30.5. The van der Waals surface area contributed by atoms with Gasteiger partial charge in [-0.1, -0.05) is 41.4 Å². The van der Waals surface area contributed by atoms with Gasteiger partial charge >= 0.3 is 0 Å². The van der Waals surface area contributed by atoms with Crippen LogP contribution < -0.4 is 11.1 Å². The van der Waals surface area contributed by atoms with Crippen molar-refractivity contribution >= 4 is 51.7 Å². The Hall–Kier alpha value is -3.46. The lowest BCUT2D eigenvalue weighted by Crippen LogP contribution is -2.43. The van der Waals surface area contributed by atoms with E-state index in [9.17, 15) is 14.0 Å². The second kappa shape index (κ2) is 12.6. The van der Waals surface area contributed by atoms with Crippen molar-refractivity contribution in [2.24, 2.45) is 11.7 Å². The summed E-state index contributed by atoms with van der Waals surface area (Å²) < 4.78 is 16.7. The number of anilines is 1. The van der Waals surface area contributed by atoms with Crippen LogP contribution in [0.1, 0.15) is 48.0 Å². The number of carbonyl (C=O) groups excluding carboxylic acids is 2. The molecule has 2 aliphatic rings. The number of rotatable bonds is 7. The van der Waals surface area contributed by atoms with E-state index < -0.39 is 17.8 Å². The zero-order valence-electron chi connectivity index (χ0n) is 22.7. The summed E-state index contributed by atoms with van der Waals surface area (Å²) in [6, 6.07) is 17.0. The molecule has 1 aliphatic heterocycles. The van der Waals surface area contributed by atoms with Crippen LogP contribution >= 0.6 is 23.2 Å². The summed E-state index contributed by atoms with van der Waals surface area (Å²) in [5, 5.41) is 3.62. The highest BCUT2D eigenvalue weighted by Gasteiger charge is 2.43. The maximum atomic E-state index is 14.7. The van der Waals surface area contributed by atoms with Gasteiger partial charge < -0.3 is 15.6 Å². The third-order valence-electron chi connectivity index (χ3n) is 7.68. The number of likely N-dealkylation sites (tertiary alicyclic amines) is 1. The molecule has 2 unspecified atom stereocenters. The summed E-state index contributed by atoms with van der Waals surface area (Å²) >= 11 is 12.0. The first-order chi connectivity index (χ1) is 19.7. The highest BCUT2D eigenvalue weighted by atomic mass is 35.5. The number of nitrogens with zero attached hydrogens (tertiary/aromatic N) is 3. The summed E-state index contributed by atoms with van der Waals surface area (Å²) in [6.45, 7) is 4.57. The average Bonchev–Trinajstić information content (AvgIpc) is 3.52. The van der Waals surface area contributed by atoms with Crippen molar-refractivity contribution in [3.05, 3.63) is 94.0 Å². The summed E-state index contributed by atoms with van der Waals surface area (Å²) in [6.07, 6.45) is 4.90. The van der Waals surface area contributed by atoms with Crippen molar-refractivity contribution in [1.82, 2.24) is 14.5 Å². The molecule has 7 nitrogen and oxygen atoms in total. The fourth-order valence-corrected chi connectivity index (χ4v) is 5.80. The first kappa shape index (κ1) is 29.0. The van der Waals surface area contributed by atoms with Gasteiger partial charge in [-0.2, -0.15) is 0 Å². The van der Waals surface area contributed by atoms with Crippen molar-refractivity contribution in [2.45, 2.75) is 44.7 Å². The second-order valence-electron chi connectivity index (χ2n) is 10.5. The van der Waals surface area contributed by atoms with Gasteiger partial charge in [-0.3, -0.25) is 14.5 Å². The molecule has 2 heterocycles. The van der Waals surface area contributed by atoms with Gasteiger partial charge in [-0.25, -0.2) is 9.37 Å². The van der Waals surface area contributed by atoms with Crippen LogP contribution in [0.15, 0.2) is 67.0 Å². The highest BCUT2D eigenvalue weighted by Crippen LogP contribution is 2.40. The highest BCUT2D eigenvalue weighted by molar-refractivity contribution is 6.31. The van der Waals surface area contributed by atoms with E-state index in [0.29, 0.717) is 27.8 Å². The number of nitrogens with two attached hydrogens (primary N) is 1. The molecule has 0 spiro atoms. The molecule has 4 aromatic rings. The molecule has 1 aliphatic carbocycles. The van der Waals surface area contributed by atoms with Crippen LogP contribution in [0.3, 0.4) is 0 Å². The Bertz CT molecular complexity index is 1570. The van der Waals surface area contributed by atoms with Gasteiger partial charge in [-0.05, 0) is 86.7 Å². The number of halogens is 3. The molecule has 1 aromatic heterocycles. The molecule has 2 amide bonds. The summed E-state index contributed by atoms with van der Waals surface area (Å²) in [7, 11) is 0. The standard InChI is InChI=1S/C21H21Cl2FN2O.C10H11N3O/c22-14-3-1-4-15(11-14)25-21(27)20-17(9-10-26(20)12-13-7-8-13)16-5-2-6-18(23)19(16)24;1-2-13-6-12-8-5-7(10(11)14)3-4-9(8)13/h1-6,11,13,17,20H,7-10,12H2,(H,25,27);3-6H,2H2,1H3,(H2,11,14). The second-order valence-corrected chi connectivity index (χ2v) is 11.4. The van der Waals surface area contributed by atoms with Crippen LogP contribution in [-0.4, -0.2) is 45.4 Å². The Labute approximate surface area is 248 Å². The van der Waals surface area contributed by atoms with E-state index in [4.69, 9.17) is 28.9 Å². The van der Waals surface area contributed by atoms with Gasteiger partial charge in [-0.15, -0.1) is 0 Å². The number of carbonyl (C=O) groups is 2. The predicted octanol–water partition coefficient (Wildman–Crippen LogP) is 6.49. The van der Waals surface area contributed by atoms with Crippen molar-refractivity contribution < 1.29 is 14.0 Å². The molecule has 1 saturated carbocycles. The van der Waals surface area contributed by atoms with E-state index in [1.165, 1.54) is 12.8 Å². The molecule has 6 rings (SSSR count). The Morgan fingerprint density at radius 1 is 1.07 bits per heavy atom. The fraction of sp³-hybridized carbons (Fsp3) is 0.323. The molecular formula is C31H32Cl2FN5O2. The number of hydrogen-bond donors (Lipinski definition) is 2. The van der Waals surface area contributed by atoms with E-state index in [0.717, 1.165) is 37.1 Å². The zero-order valence-corrected chi connectivity index (χ0v) is 24.2. The van der Waals surface area contributed by atoms with Crippen molar-refractivity contribution in [3.63, 3.8) is 0 Å². The lowest BCUT2D eigenvalue weighted by Gasteiger charge is -2.28. The fourth-order valence-electron chi connectivity index (χ4n) is 5.43. The molecule has 3 N–H and O–H groups in total. The first-order valence-corrected chi connectivity index (χ1v) is 14.5. The van der Waals surface area contributed by atoms with Crippen LogP contribution in [0.2, 0.25) is 10.0 Å². The van der Waals surface area contributed by atoms with E-state index in [1.807, 2.05) is 17.6 Å². The van der Waals surface area contributed by atoms with Crippen LogP contribution in [0.25, 0.3) is 11.0 Å². The Morgan fingerprint density at radius 2 is 1.85 bits per heavy atom. The monoisotopic (exact) mass is 595 g/mol. The van der Waals surface area contributed by atoms with E-state index in [1.54, 1.807) is 60.9 Å². The van der Waals surface area contributed by atoms with E-state index in [-0.39, 0.29) is 16.8 Å². The summed E-state index contributed by atoms with van der Waals surface area (Å²) in [5.74, 6) is -0.535. The molecule has 0 radical (unpaired) electrons. The lowest BCUT2D eigenvalue weighted by atomic mass is 9.90. The Balaban J connectivity index is 0.000000202. The number of aromatic nitrogens is 2. The molecule has 10 heteroatoms. The van der Waals surface area contributed by atoms with Gasteiger partial charge in [0.25, 0.3) is 0 Å². The maximum absolute atomic E-state index is 14.7. The number of nitrogens with one attached hydrogen (secondary N) is 1. The minimum Gasteiger partial charge on any atom is -0.366 e. The molecule has 0 bridgehead atoms. The van der Waals surface area contributed by atoms with Gasteiger partial charge in [0.2, 0.25) is 11.8 Å². The van der Waals surface area contributed by atoms with Gasteiger partial charge in [0, 0.05) is 35.3 Å². The van der Waals surface area contributed by atoms with Crippen molar-refractivity contribution in [2.75, 3.05) is 18.4 Å². The number of hydrogen-bond acceptors (Lipinski definition) is 4. The van der Waals surface area contributed by atoms with Gasteiger partial charge in [0.15, 0.2) is 0 Å². The smallest absolute Gasteiger partial charge is 0.248 e. The minimum atomic E-state index is -0.419.